The minimum absolute atomic E-state index is 0.102. The second-order valence-corrected chi connectivity index (χ2v) is 7.63. The molecule has 0 saturated heterocycles. The molecule has 0 bridgehead atoms. The number of hydrogen-bond acceptors (Lipinski definition) is 5. The Labute approximate surface area is 186 Å². The molecule has 0 aliphatic carbocycles. The molecule has 164 valence electrons. The predicted octanol–water partition coefficient (Wildman–Crippen LogP) is 5.06. The molecule has 1 heterocycles. The van der Waals surface area contributed by atoms with Gasteiger partial charge in [-0.05, 0) is 35.7 Å². The first kappa shape index (κ1) is 24.1. The Morgan fingerprint density at radius 2 is 1.74 bits per heavy atom. The molecule has 3 rings (SSSR count). The second-order valence-electron chi connectivity index (χ2n) is 6.58. The zero-order valence-corrected chi connectivity index (χ0v) is 18.7. The Morgan fingerprint density at radius 3 is 2.35 bits per heavy atom. The fourth-order valence-electron chi connectivity index (χ4n) is 3.09. The monoisotopic (exact) mass is 441 g/mol. The number of amides is 1. The van der Waals surface area contributed by atoms with Crippen molar-refractivity contribution in [2.45, 2.75) is 26.3 Å². The Kier molecular flexibility index (Phi) is 9.24. The Hall–Kier alpha value is -3.16. The predicted molar refractivity (Wildman–Crippen MR) is 124 cm³/mol. The molecule has 0 unspecified atom stereocenters. The number of carbonyl (C=O) groups excluding carboxylic acids is 1. The number of benzene rings is 2. The highest BCUT2D eigenvalue weighted by atomic mass is 32.1. The van der Waals surface area contributed by atoms with Gasteiger partial charge in [-0.1, -0.05) is 49.4 Å². The smallest absolute Gasteiger partial charge is 0.348 e. The van der Waals surface area contributed by atoms with Crippen LogP contribution >= 0.6 is 11.3 Å². The number of thiophene rings is 1. The van der Waals surface area contributed by atoms with E-state index in [0.29, 0.717) is 24.3 Å². The van der Waals surface area contributed by atoms with Crippen LogP contribution in [0.5, 0.6) is 5.75 Å². The second kappa shape index (κ2) is 11.9. The zero-order chi connectivity index (χ0) is 22.8. The SMILES string of the molecule is CCCC(=O)N(Cc1cccc(OC)c1)c1cc(-c2ccccc2)sc1C(=O)O.CO. The number of nitrogens with zero attached hydrogens (tertiary/aromatic N) is 1. The number of aliphatic hydroxyl groups is 1. The number of carbonyl (C=O) groups is 2. The molecule has 2 N–H and O–H groups in total. The maximum absolute atomic E-state index is 12.9. The van der Waals surface area contributed by atoms with Gasteiger partial charge in [0.05, 0.1) is 19.3 Å². The molecule has 2 aromatic carbocycles. The van der Waals surface area contributed by atoms with Gasteiger partial charge in [0.1, 0.15) is 10.6 Å². The summed E-state index contributed by atoms with van der Waals surface area (Å²) in [6.45, 7) is 2.21. The average Bonchev–Trinajstić information content (AvgIpc) is 3.25. The minimum atomic E-state index is -1.04. The number of carboxylic acid groups (broad SMARTS) is 1. The first-order chi connectivity index (χ1) is 15.0. The van der Waals surface area contributed by atoms with Crippen molar-refractivity contribution in [1.29, 1.82) is 0 Å². The number of carboxylic acids is 1. The van der Waals surface area contributed by atoms with E-state index in [1.165, 1.54) is 11.3 Å². The van der Waals surface area contributed by atoms with Gasteiger partial charge in [0.25, 0.3) is 0 Å². The van der Waals surface area contributed by atoms with Gasteiger partial charge in [-0.2, -0.15) is 0 Å². The van der Waals surface area contributed by atoms with Gasteiger partial charge in [0.15, 0.2) is 0 Å². The third-order valence-electron chi connectivity index (χ3n) is 4.50. The number of methoxy groups -OCH3 is 1. The zero-order valence-electron chi connectivity index (χ0n) is 17.9. The van der Waals surface area contributed by atoms with E-state index in [4.69, 9.17) is 9.84 Å². The highest BCUT2D eigenvalue weighted by Crippen LogP contribution is 2.38. The lowest BCUT2D eigenvalue weighted by Gasteiger charge is -2.23. The molecule has 0 spiro atoms. The van der Waals surface area contributed by atoms with E-state index < -0.39 is 5.97 Å². The normalized spacial score (nSPS) is 10.1. The van der Waals surface area contributed by atoms with Crippen LogP contribution in [0, 0.1) is 0 Å². The van der Waals surface area contributed by atoms with E-state index >= 15 is 0 Å². The van der Waals surface area contributed by atoms with Crippen molar-refractivity contribution in [3.63, 3.8) is 0 Å². The van der Waals surface area contributed by atoms with Crippen LogP contribution in [0.2, 0.25) is 0 Å². The van der Waals surface area contributed by atoms with Crippen molar-refractivity contribution in [2.75, 3.05) is 19.1 Å². The summed E-state index contributed by atoms with van der Waals surface area (Å²) in [5, 5.41) is 16.8. The molecule has 0 radical (unpaired) electrons. The number of ether oxygens (including phenoxy) is 1. The van der Waals surface area contributed by atoms with Crippen molar-refractivity contribution >= 4 is 28.9 Å². The molecule has 1 amide bonds. The molecule has 0 aliphatic rings. The van der Waals surface area contributed by atoms with Crippen molar-refractivity contribution < 1.29 is 24.5 Å². The quantitative estimate of drug-likeness (QED) is 0.510. The first-order valence-electron chi connectivity index (χ1n) is 9.84. The molecular formula is C24H27NO5S. The van der Waals surface area contributed by atoms with E-state index in [1.807, 2.05) is 61.5 Å². The molecule has 0 aliphatic heterocycles. The first-order valence-corrected chi connectivity index (χ1v) is 10.7. The van der Waals surface area contributed by atoms with Gasteiger partial charge >= 0.3 is 5.97 Å². The van der Waals surface area contributed by atoms with Crippen molar-refractivity contribution in [3.8, 4) is 16.2 Å². The largest absolute Gasteiger partial charge is 0.497 e. The van der Waals surface area contributed by atoms with E-state index in [-0.39, 0.29) is 17.3 Å². The van der Waals surface area contributed by atoms with Crippen molar-refractivity contribution in [3.05, 3.63) is 71.1 Å². The van der Waals surface area contributed by atoms with Gasteiger partial charge in [-0.15, -0.1) is 11.3 Å². The minimum Gasteiger partial charge on any atom is -0.497 e. The molecule has 3 aromatic rings. The molecule has 7 heteroatoms. The highest BCUT2D eigenvalue weighted by molar-refractivity contribution is 7.18. The summed E-state index contributed by atoms with van der Waals surface area (Å²) in [7, 11) is 2.59. The van der Waals surface area contributed by atoms with Crippen LogP contribution in [0.15, 0.2) is 60.7 Å². The fraction of sp³-hybridized carbons (Fsp3) is 0.250. The number of aromatic carboxylic acids is 1. The number of hydrogen-bond donors (Lipinski definition) is 2. The number of rotatable bonds is 8. The lowest BCUT2D eigenvalue weighted by atomic mass is 10.1. The van der Waals surface area contributed by atoms with E-state index in [2.05, 4.69) is 0 Å². The molecule has 0 atom stereocenters. The van der Waals surface area contributed by atoms with Crippen LogP contribution in [-0.4, -0.2) is 36.3 Å². The van der Waals surface area contributed by atoms with E-state index in [0.717, 1.165) is 23.1 Å². The lowest BCUT2D eigenvalue weighted by molar-refractivity contribution is -0.118. The summed E-state index contributed by atoms with van der Waals surface area (Å²) in [5.41, 5.74) is 2.23. The number of aliphatic hydroxyl groups excluding tert-OH is 1. The van der Waals surface area contributed by atoms with E-state index in [1.54, 1.807) is 18.1 Å². The molecule has 1 aromatic heterocycles. The summed E-state index contributed by atoms with van der Waals surface area (Å²) in [6, 6.07) is 18.9. The van der Waals surface area contributed by atoms with Gasteiger partial charge in [-0.25, -0.2) is 4.79 Å². The van der Waals surface area contributed by atoms with Crippen LogP contribution in [0.4, 0.5) is 5.69 Å². The third kappa shape index (κ3) is 6.16. The standard InChI is InChI=1S/C23H23NO4S.CH4O/c1-3-8-21(25)24(15-16-9-7-12-18(13-16)28-2)19-14-20(29-22(19)23(26)27)17-10-5-4-6-11-17;1-2/h4-7,9-14H,3,8,15H2,1-2H3,(H,26,27);2H,1H3. The van der Waals surface area contributed by atoms with Crippen LogP contribution in [0.1, 0.15) is 35.0 Å². The van der Waals surface area contributed by atoms with Crippen LogP contribution in [0.25, 0.3) is 10.4 Å². The Morgan fingerprint density at radius 1 is 1.03 bits per heavy atom. The molecule has 31 heavy (non-hydrogen) atoms. The van der Waals surface area contributed by atoms with Gasteiger partial charge in [0, 0.05) is 18.4 Å². The van der Waals surface area contributed by atoms with Gasteiger partial charge < -0.3 is 19.8 Å². The summed E-state index contributed by atoms with van der Waals surface area (Å²) in [5.74, 6) is -0.443. The molecular weight excluding hydrogens is 414 g/mol. The van der Waals surface area contributed by atoms with Crippen LogP contribution < -0.4 is 9.64 Å². The maximum Gasteiger partial charge on any atom is 0.348 e. The lowest BCUT2D eigenvalue weighted by Crippen LogP contribution is -2.30. The topological polar surface area (TPSA) is 87.1 Å². The summed E-state index contributed by atoms with van der Waals surface area (Å²) >= 11 is 1.18. The summed E-state index contributed by atoms with van der Waals surface area (Å²) in [4.78, 5) is 27.4. The molecule has 0 saturated carbocycles. The van der Waals surface area contributed by atoms with Gasteiger partial charge in [-0.3, -0.25) is 4.79 Å². The van der Waals surface area contributed by atoms with Crippen molar-refractivity contribution in [2.24, 2.45) is 0 Å². The van der Waals surface area contributed by atoms with Gasteiger partial charge in [0.2, 0.25) is 5.91 Å². The van der Waals surface area contributed by atoms with E-state index in [9.17, 15) is 14.7 Å². The Balaban J connectivity index is 0.00000166. The molecule has 6 nitrogen and oxygen atoms in total. The Bertz CT molecular complexity index is 1000. The fourth-order valence-corrected chi connectivity index (χ4v) is 4.10. The maximum atomic E-state index is 12.9. The van der Waals surface area contributed by atoms with Crippen LogP contribution in [0.3, 0.4) is 0 Å². The molecule has 0 fully saturated rings. The highest BCUT2D eigenvalue weighted by Gasteiger charge is 2.25. The average molecular weight is 442 g/mol. The van der Waals surface area contributed by atoms with Crippen LogP contribution in [-0.2, 0) is 11.3 Å². The number of anilines is 1. The third-order valence-corrected chi connectivity index (χ3v) is 5.66. The summed E-state index contributed by atoms with van der Waals surface area (Å²) in [6.07, 6.45) is 1.03. The van der Waals surface area contributed by atoms with Crippen molar-refractivity contribution in [1.82, 2.24) is 0 Å². The summed E-state index contributed by atoms with van der Waals surface area (Å²) < 4.78 is 5.28.